The zero-order valence-corrected chi connectivity index (χ0v) is 16.4. The minimum Gasteiger partial charge on any atom is -0.412 e. The summed E-state index contributed by atoms with van der Waals surface area (Å²) in [7, 11) is -3.97. The summed E-state index contributed by atoms with van der Waals surface area (Å²) in [5, 5.41) is 0. The van der Waals surface area contributed by atoms with Crippen molar-refractivity contribution < 1.29 is 23.6 Å². The lowest BCUT2D eigenvalue weighted by Crippen LogP contribution is -2.09. The molecule has 0 unspecified atom stereocenters. The Labute approximate surface area is 181 Å². The minimum absolute atomic E-state index is 0. The van der Waals surface area contributed by atoms with Crippen molar-refractivity contribution in [2.24, 2.45) is 0 Å². The van der Waals surface area contributed by atoms with Crippen LogP contribution in [0, 0.1) is 20.8 Å². The van der Waals surface area contributed by atoms with E-state index < -0.39 is 7.82 Å². The van der Waals surface area contributed by atoms with E-state index in [0.717, 1.165) is 16.7 Å². The van der Waals surface area contributed by atoms with Crippen LogP contribution < -0.4 is 13.6 Å². The first-order valence-corrected chi connectivity index (χ1v) is 9.79. The van der Waals surface area contributed by atoms with Gasteiger partial charge in [-0.05, 0) is 55.7 Å². The largest absolute Gasteiger partial charge is 0.647 e. The average Bonchev–Trinajstić information content (AvgIpc) is 2.61. The summed E-state index contributed by atoms with van der Waals surface area (Å²) in [5.41, 5.74) is 2.53. The van der Waals surface area contributed by atoms with Gasteiger partial charge in [0.1, 0.15) is 17.2 Å². The third-order valence-corrected chi connectivity index (χ3v) is 5.17. The lowest BCUT2D eigenvalue weighted by atomic mass is 10.2. The lowest BCUT2D eigenvalue weighted by Gasteiger charge is -2.21. The first-order chi connectivity index (χ1) is 12.5. The van der Waals surface area contributed by atoms with E-state index in [2.05, 4.69) is 0 Å². The molecule has 0 aliphatic heterocycles. The normalized spacial score (nSPS) is 10.2. The van der Waals surface area contributed by atoms with Gasteiger partial charge in [0.05, 0.1) is 0 Å². The fourth-order valence-electron chi connectivity index (χ4n) is 2.39. The summed E-state index contributed by atoms with van der Waals surface area (Å²) in [6, 6.07) is 22.0. The number of rotatable bonds is 6. The number of phosphoric ester groups is 1. The molecular weight excluding hydrogens is 388 g/mol. The Morgan fingerprint density at radius 3 is 1.07 bits per heavy atom. The van der Waals surface area contributed by atoms with Crippen LogP contribution in [0.4, 0.5) is 0 Å². The summed E-state index contributed by atoms with van der Waals surface area (Å²) in [5.74, 6) is 1.37. The quantitative estimate of drug-likeness (QED) is 0.441. The molecule has 28 heavy (non-hydrogen) atoms. The van der Waals surface area contributed by atoms with Crippen LogP contribution in [0.25, 0.3) is 0 Å². The molecule has 3 aromatic carbocycles. The molecular formula is C21H25MgO5P. The monoisotopic (exact) mass is 412 g/mol. The predicted octanol–water partition coefficient (Wildman–Crippen LogP) is 4.52. The van der Waals surface area contributed by atoms with Crippen LogP contribution in [0.3, 0.4) is 0 Å². The molecule has 0 aromatic heterocycles. The van der Waals surface area contributed by atoms with Crippen LogP contribution in [0.15, 0.2) is 72.8 Å². The highest BCUT2D eigenvalue weighted by molar-refractivity contribution is 7.49. The molecule has 146 valence electrons. The summed E-state index contributed by atoms with van der Waals surface area (Å²) in [6.45, 7) is 5.63. The van der Waals surface area contributed by atoms with E-state index in [1.54, 1.807) is 18.2 Å². The molecule has 0 spiro atoms. The Kier molecular flexibility index (Phi) is 9.05. The first kappa shape index (κ1) is 24.1. The maximum Gasteiger partial charge on any atom is 0.647 e. The van der Waals surface area contributed by atoms with Crippen molar-refractivity contribution in [3.05, 3.63) is 89.5 Å². The van der Waals surface area contributed by atoms with Crippen molar-refractivity contribution in [2.75, 3.05) is 0 Å². The van der Waals surface area contributed by atoms with E-state index in [-0.39, 0.29) is 28.5 Å². The van der Waals surface area contributed by atoms with Crippen molar-refractivity contribution in [3.63, 3.8) is 0 Å². The average molecular weight is 413 g/mol. The van der Waals surface area contributed by atoms with E-state index in [0.29, 0.717) is 17.2 Å². The molecule has 0 aliphatic rings. The Bertz CT molecular complexity index is 838. The number of benzene rings is 3. The first-order valence-electron chi connectivity index (χ1n) is 8.32. The maximum absolute atomic E-state index is 13.5. The van der Waals surface area contributed by atoms with Gasteiger partial charge in [-0.1, -0.05) is 54.6 Å². The summed E-state index contributed by atoms with van der Waals surface area (Å²) < 4.78 is 30.8. The standard InChI is InChI=1S/C21H21O4P.Mg.H2O.2H/c1-16-10-4-7-13-19(16)23-26(22,24-20-14-8-5-11-17(20)2)25-21-15-9-6-12-18(21)3;;;;/h4-15H,1-3H3;;1H2;;. The van der Waals surface area contributed by atoms with Crippen LogP contribution in [0.1, 0.15) is 16.7 Å². The molecule has 0 aliphatic carbocycles. The highest BCUT2D eigenvalue weighted by Gasteiger charge is 2.34. The van der Waals surface area contributed by atoms with Gasteiger partial charge in [-0.15, -0.1) is 0 Å². The molecule has 7 heteroatoms. The smallest absolute Gasteiger partial charge is 0.412 e. The second kappa shape index (κ2) is 10.5. The summed E-state index contributed by atoms with van der Waals surface area (Å²) >= 11 is 0. The molecule has 5 nitrogen and oxygen atoms in total. The van der Waals surface area contributed by atoms with E-state index in [4.69, 9.17) is 13.6 Å². The van der Waals surface area contributed by atoms with Crippen molar-refractivity contribution >= 4 is 30.9 Å². The molecule has 0 amide bonds. The maximum atomic E-state index is 13.5. The van der Waals surface area contributed by atoms with Gasteiger partial charge in [-0.3, -0.25) is 0 Å². The van der Waals surface area contributed by atoms with Crippen molar-refractivity contribution in [2.45, 2.75) is 20.8 Å². The van der Waals surface area contributed by atoms with Gasteiger partial charge in [-0.25, -0.2) is 0 Å². The van der Waals surface area contributed by atoms with E-state index in [1.807, 2.05) is 75.4 Å². The van der Waals surface area contributed by atoms with Crippen molar-refractivity contribution in [1.29, 1.82) is 0 Å². The van der Waals surface area contributed by atoms with Gasteiger partial charge in [0, 0.05) is 0 Å². The fourth-order valence-corrected chi connectivity index (χ4v) is 3.84. The molecule has 3 aromatic rings. The Balaban J connectivity index is 0.00000196. The van der Waals surface area contributed by atoms with Crippen LogP contribution in [0.5, 0.6) is 17.2 Å². The summed E-state index contributed by atoms with van der Waals surface area (Å²) in [4.78, 5) is 0. The molecule has 0 heterocycles. The predicted molar refractivity (Wildman–Crippen MR) is 115 cm³/mol. The molecule has 3 rings (SSSR count). The van der Waals surface area contributed by atoms with Crippen molar-refractivity contribution in [1.82, 2.24) is 0 Å². The number of hydrogen-bond donors (Lipinski definition) is 0. The Morgan fingerprint density at radius 1 is 0.571 bits per heavy atom. The van der Waals surface area contributed by atoms with Crippen LogP contribution in [-0.2, 0) is 4.57 Å². The fraction of sp³-hybridized carbons (Fsp3) is 0.143. The van der Waals surface area contributed by atoms with Gasteiger partial charge in [-0.2, -0.15) is 4.57 Å². The van der Waals surface area contributed by atoms with Gasteiger partial charge < -0.3 is 19.0 Å². The van der Waals surface area contributed by atoms with Crippen LogP contribution in [-0.4, -0.2) is 28.5 Å². The lowest BCUT2D eigenvalue weighted by molar-refractivity contribution is 0.296. The number of aryl methyl sites for hydroxylation is 3. The molecule has 0 bridgehead atoms. The number of phosphoric acid groups is 1. The summed E-state index contributed by atoms with van der Waals surface area (Å²) in [6.07, 6.45) is 0. The third kappa shape index (κ3) is 6.01. The Hall–Kier alpha value is -1.98. The van der Waals surface area contributed by atoms with E-state index in [9.17, 15) is 4.57 Å². The molecule has 0 atom stereocenters. The number of hydrogen-bond acceptors (Lipinski definition) is 4. The van der Waals surface area contributed by atoms with E-state index in [1.165, 1.54) is 0 Å². The van der Waals surface area contributed by atoms with Gasteiger partial charge >= 0.3 is 30.9 Å². The second-order valence-corrected chi connectivity index (χ2v) is 7.46. The zero-order valence-electron chi connectivity index (χ0n) is 15.5. The second-order valence-electron chi connectivity index (χ2n) is 6.02. The molecule has 2 N–H and O–H groups in total. The third-order valence-electron chi connectivity index (χ3n) is 3.91. The van der Waals surface area contributed by atoms with Crippen LogP contribution in [0.2, 0.25) is 0 Å². The van der Waals surface area contributed by atoms with Crippen LogP contribution >= 0.6 is 7.82 Å². The Morgan fingerprint density at radius 2 is 0.821 bits per heavy atom. The van der Waals surface area contributed by atoms with Gasteiger partial charge in [0.2, 0.25) is 0 Å². The van der Waals surface area contributed by atoms with Crippen molar-refractivity contribution in [3.8, 4) is 17.2 Å². The molecule has 0 fully saturated rings. The number of para-hydroxylation sites is 3. The highest BCUT2D eigenvalue weighted by atomic mass is 31.2. The highest BCUT2D eigenvalue weighted by Crippen LogP contribution is 2.51. The minimum atomic E-state index is -3.97. The van der Waals surface area contributed by atoms with E-state index >= 15 is 0 Å². The zero-order chi connectivity index (χ0) is 18.6. The SMILES string of the molecule is Cc1ccccc1OP(=O)(Oc1ccccc1C)Oc1ccccc1C.O.[MgH2]. The van der Waals surface area contributed by atoms with Gasteiger partial charge in [0.15, 0.2) is 0 Å². The molecule has 0 saturated carbocycles. The topological polar surface area (TPSA) is 76.3 Å². The van der Waals surface area contributed by atoms with Gasteiger partial charge in [0.25, 0.3) is 0 Å². The molecule has 0 saturated heterocycles. The molecule has 0 radical (unpaired) electrons.